The van der Waals surface area contributed by atoms with E-state index in [1.54, 1.807) is 24.0 Å². The van der Waals surface area contributed by atoms with E-state index in [-0.39, 0.29) is 18.1 Å². The van der Waals surface area contributed by atoms with Crippen LogP contribution in [0.5, 0.6) is 0 Å². The molecule has 1 aliphatic heterocycles. The Morgan fingerprint density at radius 3 is 2.27 bits per heavy atom. The van der Waals surface area contributed by atoms with E-state index >= 15 is 0 Å². The number of nitrogens with zero attached hydrogens (tertiary/aromatic N) is 2. The quantitative estimate of drug-likeness (QED) is 0.534. The number of H-pyrrole nitrogens is 1. The fourth-order valence-electron chi connectivity index (χ4n) is 3.87. The molecule has 30 heavy (non-hydrogen) atoms. The summed E-state index contributed by atoms with van der Waals surface area (Å²) in [6.07, 6.45) is 0.182. The van der Waals surface area contributed by atoms with Gasteiger partial charge in [-0.3, -0.25) is 14.4 Å². The molecular formula is C23H22FN3O3. The Hall–Kier alpha value is -3.48. The van der Waals surface area contributed by atoms with Gasteiger partial charge in [0, 0.05) is 42.8 Å². The Balaban J connectivity index is 1.39. The van der Waals surface area contributed by atoms with E-state index in [1.807, 2.05) is 24.3 Å². The third-order valence-corrected chi connectivity index (χ3v) is 5.50. The molecule has 0 aliphatic carbocycles. The van der Waals surface area contributed by atoms with Crippen LogP contribution in [0.2, 0.25) is 0 Å². The summed E-state index contributed by atoms with van der Waals surface area (Å²) in [5.41, 5.74) is 2.64. The van der Waals surface area contributed by atoms with Crippen molar-refractivity contribution in [3.05, 3.63) is 71.2 Å². The minimum Gasteiger partial charge on any atom is -0.358 e. The minimum atomic E-state index is -0.548. The number of rotatable bonds is 4. The number of halogens is 1. The Morgan fingerprint density at radius 1 is 0.933 bits per heavy atom. The molecule has 1 saturated heterocycles. The largest absolute Gasteiger partial charge is 0.358 e. The van der Waals surface area contributed by atoms with Crippen LogP contribution in [0.1, 0.15) is 21.6 Å². The molecule has 7 heteroatoms. The number of para-hydroxylation sites is 1. The van der Waals surface area contributed by atoms with Crippen LogP contribution in [-0.4, -0.2) is 58.6 Å². The van der Waals surface area contributed by atoms with E-state index in [0.717, 1.165) is 16.5 Å². The van der Waals surface area contributed by atoms with Crippen LogP contribution in [0.25, 0.3) is 10.9 Å². The molecule has 1 aromatic heterocycles. The number of benzene rings is 2. The molecule has 3 aromatic rings. The van der Waals surface area contributed by atoms with Crippen LogP contribution in [0.15, 0.2) is 48.5 Å². The number of aromatic amines is 1. The molecule has 2 heterocycles. The second kappa shape index (κ2) is 8.10. The van der Waals surface area contributed by atoms with Gasteiger partial charge >= 0.3 is 0 Å². The first-order valence-corrected chi connectivity index (χ1v) is 9.87. The Bertz CT molecular complexity index is 1110. The highest BCUT2D eigenvalue weighted by molar-refractivity contribution is 6.45. The smallest absolute Gasteiger partial charge is 0.295 e. The molecule has 0 radical (unpaired) electrons. The minimum absolute atomic E-state index is 0.0764. The third-order valence-electron chi connectivity index (χ3n) is 5.50. The molecule has 0 bridgehead atoms. The average molecular weight is 407 g/mol. The highest BCUT2D eigenvalue weighted by Gasteiger charge is 2.30. The number of carbonyl (C=O) groups is 3. The number of aryl methyl sites for hydroxylation is 1. The predicted molar refractivity (Wildman–Crippen MR) is 111 cm³/mol. The molecular weight excluding hydrogens is 385 g/mol. The first kappa shape index (κ1) is 19.8. The van der Waals surface area contributed by atoms with Gasteiger partial charge in [0.2, 0.25) is 5.91 Å². The number of hydrogen-bond donors (Lipinski definition) is 1. The Kier molecular flexibility index (Phi) is 5.35. The second-order valence-electron chi connectivity index (χ2n) is 7.48. The maximum atomic E-state index is 13.0. The number of Topliss-reactive ketones (excluding diaryl/α,β-unsaturated/α-hetero) is 1. The molecule has 4 rings (SSSR count). The summed E-state index contributed by atoms with van der Waals surface area (Å²) < 4.78 is 13.0. The number of carbonyl (C=O) groups excluding carboxylic acids is 3. The van der Waals surface area contributed by atoms with E-state index in [1.165, 1.54) is 17.0 Å². The van der Waals surface area contributed by atoms with Gasteiger partial charge in [-0.2, -0.15) is 0 Å². The maximum Gasteiger partial charge on any atom is 0.295 e. The molecule has 0 spiro atoms. The lowest BCUT2D eigenvalue weighted by atomic mass is 10.1. The summed E-state index contributed by atoms with van der Waals surface area (Å²) in [5.74, 6) is -1.49. The van der Waals surface area contributed by atoms with Crippen molar-refractivity contribution in [2.75, 3.05) is 26.2 Å². The van der Waals surface area contributed by atoms with E-state index in [0.29, 0.717) is 37.4 Å². The van der Waals surface area contributed by atoms with Gasteiger partial charge in [0.1, 0.15) is 5.82 Å². The van der Waals surface area contributed by atoms with Gasteiger partial charge in [0.25, 0.3) is 11.7 Å². The summed E-state index contributed by atoms with van der Waals surface area (Å²) in [7, 11) is 0. The lowest BCUT2D eigenvalue weighted by Gasteiger charge is -2.34. The molecule has 0 atom stereocenters. The lowest BCUT2D eigenvalue weighted by Crippen LogP contribution is -2.52. The summed E-state index contributed by atoms with van der Waals surface area (Å²) >= 11 is 0. The summed E-state index contributed by atoms with van der Waals surface area (Å²) in [5, 5.41) is 0.737. The van der Waals surface area contributed by atoms with Crippen LogP contribution < -0.4 is 0 Å². The van der Waals surface area contributed by atoms with Crippen molar-refractivity contribution >= 4 is 28.5 Å². The van der Waals surface area contributed by atoms with Crippen molar-refractivity contribution in [2.45, 2.75) is 13.3 Å². The zero-order valence-electron chi connectivity index (χ0n) is 16.7. The van der Waals surface area contributed by atoms with Gasteiger partial charge in [0.15, 0.2) is 0 Å². The van der Waals surface area contributed by atoms with Crippen LogP contribution in [0.4, 0.5) is 4.39 Å². The number of piperazine rings is 1. The first-order valence-electron chi connectivity index (χ1n) is 9.87. The highest BCUT2D eigenvalue weighted by Crippen LogP contribution is 2.23. The molecule has 0 saturated carbocycles. The van der Waals surface area contributed by atoms with E-state index in [2.05, 4.69) is 4.98 Å². The second-order valence-corrected chi connectivity index (χ2v) is 7.48. The van der Waals surface area contributed by atoms with E-state index < -0.39 is 11.7 Å². The fraction of sp³-hybridized carbons (Fsp3) is 0.261. The molecule has 2 aromatic carbocycles. The molecule has 154 valence electrons. The van der Waals surface area contributed by atoms with Gasteiger partial charge in [-0.05, 0) is 30.7 Å². The van der Waals surface area contributed by atoms with Gasteiger partial charge in [-0.15, -0.1) is 0 Å². The number of aromatic nitrogens is 1. The normalized spacial score (nSPS) is 14.2. The molecule has 1 N–H and O–H groups in total. The molecule has 0 unspecified atom stereocenters. The van der Waals surface area contributed by atoms with Crippen LogP contribution in [0.3, 0.4) is 0 Å². The summed E-state index contributed by atoms with van der Waals surface area (Å²) in [4.78, 5) is 44.5. The molecule has 1 aliphatic rings. The van der Waals surface area contributed by atoms with Crippen LogP contribution >= 0.6 is 0 Å². The monoisotopic (exact) mass is 407 g/mol. The third kappa shape index (κ3) is 3.83. The zero-order valence-corrected chi connectivity index (χ0v) is 16.7. The number of nitrogens with one attached hydrogen (secondary N) is 1. The van der Waals surface area contributed by atoms with Gasteiger partial charge < -0.3 is 14.8 Å². The van der Waals surface area contributed by atoms with Crippen molar-refractivity contribution in [3.8, 4) is 0 Å². The van der Waals surface area contributed by atoms with E-state index in [4.69, 9.17) is 0 Å². The zero-order chi connectivity index (χ0) is 21.3. The first-order chi connectivity index (χ1) is 14.4. The van der Waals surface area contributed by atoms with Crippen molar-refractivity contribution < 1.29 is 18.8 Å². The topological polar surface area (TPSA) is 73.5 Å². The van der Waals surface area contributed by atoms with Gasteiger partial charge in [-0.25, -0.2) is 4.39 Å². The highest BCUT2D eigenvalue weighted by atomic mass is 19.1. The van der Waals surface area contributed by atoms with Crippen molar-refractivity contribution in [1.29, 1.82) is 0 Å². The van der Waals surface area contributed by atoms with E-state index in [9.17, 15) is 18.8 Å². The molecule has 1 fully saturated rings. The predicted octanol–water partition coefficient (Wildman–Crippen LogP) is 2.71. The lowest BCUT2D eigenvalue weighted by molar-refractivity contribution is -0.136. The van der Waals surface area contributed by atoms with Gasteiger partial charge in [0.05, 0.1) is 12.0 Å². The number of amides is 2. The van der Waals surface area contributed by atoms with Crippen molar-refractivity contribution in [2.24, 2.45) is 0 Å². The Morgan fingerprint density at radius 2 is 1.57 bits per heavy atom. The average Bonchev–Trinajstić information content (AvgIpc) is 3.10. The summed E-state index contributed by atoms with van der Waals surface area (Å²) in [6.45, 7) is 3.13. The van der Waals surface area contributed by atoms with Crippen molar-refractivity contribution in [1.82, 2.24) is 14.8 Å². The SMILES string of the molecule is Cc1[nH]c2ccccc2c1C(=O)C(=O)N1CCN(C(=O)Cc2ccc(F)cc2)CC1. The summed E-state index contributed by atoms with van der Waals surface area (Å²) in [6, 6.07) is 13.2. The standard InChI is InChI=1S/C23H22FN3O3/c1-15-21(18-4-2-3-5-19(18)25-15)22(29)23(30)27-12-10-26(11-13-27)20(28)14-16-6-8-17(24)9-7-16/h2-9,25H,10-14H2,1H3. The van der Waals surface area contributed by atoms with Crippen LogP contribution in [0, 0.1) is 12.7 Å². The number of ketones is 1. The number of hydrogen-bond acceptors (Lipinski definition) is 3. The maximum absolute atomic E-state index is 13.0. The Labute approximate surface area is 173 Å². The molecule has 2 amide bonds. The fourth-order valence-corrected chi connectivity index (χ4v) is 3.87. The molecule has 6 nitrogen and oxygen atoms in total. The van der Waals surface area contributed by atoms with Gasteiger partial charge in [-0.1, -0.05) is 30.3 Å². The van der Waals surface area contributed by atoms with Crippen LogP contribution in [-0.2, 0) is 16.0 Å². The number of fused-ring (bicyclic) bond motifs is 1. The van der Waals surface area contributed by atoms with Crippen molar-refractivity contribution in [3.63, 3.8) is 0 Å².